The Bertz CT molecular complexity index is 1550. The Hall–Kier alpha value is -4.16. The Morgan fingerprint density at radius 3 is 2.19 bits per heavy atom. The summed E-state index contributed by atoms with van der Waals surface area (Å²) in [5.74, 6) is 1.25. The number of fused-ring (bicyclic) bond motifs is 1. The van der Waals surface area contributed by atoms with Crippen molar-refractivity contribution in [2.75, 3.05) is 40.5 Å². The summed E-state index contributed by atoms with van der Waals surface area (Å²) in [6, 6.07) is 15.1. The Labute approximate surface area is 244 Å². The van der Waals surface area contributed by atoms with Gasteiger partial charge in [0.25, 0.3) is 11.6 Å². The number of ether oxygens (including phenoxy) is 3. The van der Waals surface area contributed by atoms with Crippen LogP contribution in [-0.4, -0.2) is 68.9 Å². The second-order valence-electron chi connectivity index (χ2n) is 10.2. The van der Waals surface area contributed by atoms with Crippen molar-refractivity contribution in [1.29, 1.82) is 0 Å². The van der Waals surface area contributed by atoms with Crippen LogP contribution >= 0.6 is 0 Å². The van der Waals surface area contributed by atoms with E-state index in [4.69, 9.17) is 14.2 Å². The molecule has 1 atom stereocenters. The maximum absolute atomic E-state index is 13.9. The highest BCUT2D eigenvalue weighted by Gasteiger charge is 2.34. The molecule has 1 saturated heterocycles. The molecule has 0 aliphatic carbocycles. The van der Waals surface area contributed by atoms with E-state index in [1.807, 2.05) is 12.1 Å². The lowest BCUT2D eigenvalue weighted by Gasteiger charge is -2.37. The van der Waals surface area contributed by atoms with Gasteiger partial charge in [0.15, 0.2) is 11.5 Å². The van der Waals surface area contributed by atoms with Gasteiger partial charge in [-0.15, -0.1) is 0 Å². The van der Waals surface area contributed by atoms with E-state index in [1.165, 1.54) is 47.8 Å². The Morgan fingerprint density at radius 1 is 0.929 bits per heavy atom. The number of non-ortho nitro benzene ring substituents is 1. The second kappa shape index (κ2) is 12.4. The predicted octanol–water partition coefficient (Wildman–Crippen LogP) is 4.61. The van der Waals surface area contributed by atoms with Crippen LogP contribution in [-0.2, 0) is 16.4 Å². The number of methoxy groups -OCH3 is 2. The fourth-order valence-corrected chi connectivity index (χ4v) is 7.00. The molecule has 2 aliphatic rings. The summed E-state index contributed by atoms with van der Waals surface area (Å²) in [7, 11) is -0.519. The van der Waals surface area contributed by atoms with E-state index in [1.54, 1.807) is 24.1 Å². The molecule has 3 aromatic rings. The van der Waals surface area contributed by atoms with Crippen LogP contribution in [0, 0.1) is 10.1 Å². The predicted molar refractivity (Wildman–Crippen MR) is 155 cm³/mol. The first-order valence-electron chi connectivity index (χ1n) is 13.8. The molecule has 222 valence electrons. The third kappa shape index (κ3) is 5.90. The third-order valence-electron chi connectivity index (χ3n) is 7.77. The first-order valence-corrected chi connectivity index (χ1v) is 15.2. The normalized spacial score (nSPS) is 17.3. The largest absolute Gasteiger partial charge is 0.493 e. The zero-order valence-electron chi connectivity index (χ0n) is 23.5. The van der Waals surface area contributed by atoms with Gasteiger partial charge in [0.2, 0.25) is 10.0 Å². The monoisotopic (exact) mass is 595 g/mol. The Balaban J connectivity index is 1.43. The summed E-state index contributed by atoms with van der Waals surface area (Å²) in [6.45, 7) is 1.47. The highest BCUT2D eigenvalue weighted by Crippen LogP contribution is 2.39. The van der Waals surface area contributed by atoms with Crippen LogP contribution < -0.4 is 14.2 Å². The maximum Gasteiger partial charge on any atom is 0.269 e. The minimum absolute atomic E-state index is 0.0512. The highest BCUT2D eigenvalue weighted by molar-refractivity contribution is 7.89. The van der Waals surface area contributed by atoms with E-state index < -0.39 is 21.0 Å². The van der Waals surface area contributed by atoms with Crippen molar-refractivity contribution in [2.24, 2.45) is 0 Å². The number of nitrogens with zero attached hydrogens (tertiary/aromatic N) is 3. The average Bonchev–Trinajstić information content (AvgIpc) is 3.03. The van der Waals surface area contributed by atoms with E-state index in [0.29, 0.717) is 48.9 Å². The van der Waals surface area contributed by atoms with Gasteiger partial charge in [-0.25, -0.2) is 8.42 Å². The zero-order chi connectivity index (χ0) is 29.9. The topological polar surface area (TPSA) is 129 Å². The summed E-state index contributed by atoms with van der Waals surface area (Å²) in [4.78, 5) is 26.3. The number of rotatable bonds is 9. The van der Waals surface area contributed by atoms with E-state index in [-0.39, 0.29) is 23.1 Å². The molecule has 5 rings (SSSR count). The number of sulfonamides is 1. The second-order valence-corrected chi connectivity index (χ2v) is 12.2. The molecule has 0 N–H and O–H groups in total. The van der Waals surface area contributed by atoms with Gasteiger partial charge in [0.05, 0.1) is 30.1 Å². The molecule has 1 amide bonds. The molecule has 0 radical (unpaired) electrons. The number of hydrogen-bond acceptors (Lipinski definition) is 8. The fourth-order valence-electron chi connectivity index (χ4n) is 5.48. The molecule has 0 aromatic heterocycles. The van der Waals surface area contributed by atoms with Crippen LogP contribution in [0.4, 0.5) is 5.69 Å². The third-order valence-corrected chi connectivity index (χ3v) is 9.69. The molecule has 1 fully saturated rings. The highest BCUT2D eigenvalue weighted by atomic mass is 32.2. The van der Waals surface area contributed by atoms with Crippen molar-refractivity contribution in [2.45, 2.75) is 36.6 Å². The molecule has 12 heteroatoms. The smallest absolute Gasteiger partial charge is 0.269 e. The molecule has 11 nitrogen and oxygen atoms in total. The maximum atomic E-state index is 13.9. The first-order chi connectivity index (χ1) is 20.2. The summed E-state index contributed by atoms with van der Waals surface area (Å²) >= 11 is 0. The standard InChI is InChI=1S/C30H33N3O8S/c1-39-28-18-22-14-17-32(30(34)21-6-12-25(13-7-21)42(37,38)31-15-4-3-5-16-31)27(26(22)19-29(28)40-2)20-41-24-10-8-23(9-11-24)33(35)36/h6-13,18-19,27H,3-5,14-17,20H2,1-2H3/t27-/m1/s1. The molecule has 42 heavy (non-hydrogen) atoms. The van der Waals surface area contributed by atoms with Gasteiger partial charge in [-0.3, -0.25) is 14.9 Å². The van der Waals surface area contributed by atoms with E-state index in [0.717, 1.165) is 30.4 Å². The molecule has 0 spiro atoms. The first kappa shape index (κ1) is 29.3. The SMILES string of the molecule is COc1cc2c(cc1OC)[C@@H](COc1ccc([N+](=O)[O-])cc1)N(C(=O)c1ccc(S(=O)(=O)N3CCCCC3)cc1)CC2. The number of nitro benzene ring substituents is 1. The molecular weight excluding hydrogens is 562 g/mol. The Kier molecular flexibility index (Phi) is 8.64. The molecule has 2 aliphatic heterocycles. The van der Waals surface area contributed by atoms with Gasteiger partial charge in [0, 0.05) is 37.3 Å². The van der Waals surface area contributed by atoms with Crippen molar-refractivity contribution < 1.29 is 32.3 Å². The van der Waals surface area contributed by atoms with Gasteiger partial charge in [-0.1, -0.05) is 6.42 Å². The van der Waals surface area contributed by atoms with E-state index >= 15 is 0 Å². The number of piperidine rings is 1. The summed E-state index contributed by atoms with van der Waals surface area (Å²) in [6.07, 6.45) is 3.27. The summed E-state index contributed by atoms with van der Waals surface area (Å²) < 4.78 is 44.8. The number of benzene rings is 3. The van der Waals surface area contributed by atoms with Crippen LogP contribution in [0.5, 0.6) is 17.2 Å². The van der Waals surface area contributed by atoms with Crippen LogP contribution in [0.1, 0.15) is 46.8 Å². The van der Waals surface area contributed by atoms with E-state index in [9.17, 15) is 23.3 Å². The summed E-state index contributed by atoms with van der Waals surface area (Å²) in [5.41, 5.74) is 2.12. The van der Waals surface area contributed by atoms with Gasteiger partial charge >= 0.3 is 0 Å². The molecule has 0 saturated carbocycles. The number of amides is 1. The van der Waals surface area contributed by atoms with Crippen molar-refractivity contribution in [3.05, 3.63) is 87.5 Å². The lowest BCUT2D eigenvalue weighted by molar-refractivity contribution is -0.384. The van der Waals surface area contributed by atoms with Gasteiger partial charge in [-0.2, -0.15) is 4.31 Å². The summed E-state index contributed by atoms with van der Waals surface area (Å²) in [5, 5.41) is 11.0. The number of carbonyl (C=O) groups excluding carboxylic acids is 1. The minimum atomic E-state index is -3.62. The molecule has 2 heterocycles. The zero-order valence-corrected chi connectivity index (χ0v) is 24.3. The van der Waals surface area contributed by atoms with Crippen LogP contribution in [0.15, 0.2) is 65.6 Å². The molecule has 0 unspecified atom stereocenters. The lowest BCUT2D eigenvalue weighted by Crippen LogP contribution is -2.42. The molecule has 3 aromatic carbocycles. The van der Waals surface area contributed by atoms with Crippen LogP contribution in [0.25, 0.3) is 0 Å². The van der Waals surface area contributed by atoms with Crippen molar-refractivity contribution >= 4 is 21.6 Å². The quantitative estimate of drug-likeness (QED) is 0.259. The number of carbonyl (C=O) groups is 1. The minimum Gasteiger partial charge on any atom is -0.493 e. The van der Waals surface area contributed by atoms with Gasteiger partial charge in [0.1, 0.15) is 12.4 Å². The van der Waals surface area contributed by atoms with E-state index in [2.05, 4.69) is 0 Å². The fraction of sp³-hybridized carbons (Fsp3) is 0.367. The van der Waals surface area contributed by atoms with Crippen molar-refractivity contribution in [1.82, 2.24) is 9.21 Å². The average molecular weight is 596 g/mol. The number of nitro groups is 1. The Morgan fingerprint density at radius 2 is 1.57 bits per heavy atom. The van der Waals surface area contributed by atoms with Crippen LogP contribution in [0.2, 0.25) is 0 Å². The van der Waals surface area contributed by atoms with Crippen molar-refractivity contribution in [3.63, 3.8) is 0 Å². The number of hydrogen-bond donors (Lipinski definition) is 0. The van der Waals surface area contributed by atoms with Gasteiger partial charge < -0.3 is 19.1 Å². The van der Waals surface area contributed by atoms with Crippen LogP contribution in [0.3, 0.4) is 0 Å². The van der Waals surface area contributed by atoms with Gasteiger partial charge in [-0.05, 0) is 78.9 Å². The molecule has 0 bridgehead atoms. The lowest BCUT2D eigenvalue weighted by atomic mass is 9.91. The van der Waals surface area contributed by atoms with Crippen molar-refractivity contribution in [3.8, 4) is 17.2 Å². The molecular formula is C30H33N3O8S.